The maximum atomic E-state index is 5.40. The van der Waals surface area contributed by atoms with Crippen molar-refractivity contribution in [1.82, 2.24) is 41.2 Å². The quantitative estimate of drug-likeness (QED) is 0.560. The molecule has 0 unspecified atom stereocenters. The van der Waals surface area contributed by atoms with Gasteiger partial charge in [0.15, 0.2) is 11.6 Å². The van der Waals surface area contributed by atoms with Crippen LogP contribution in [0.15, 0.2) is 10.2 Å². The zero-order chi connectivity index (χ0) is 11.4. The van der Waals surface area contributed by atoms with Crippen LogP contribution in [0.25, 0.3) is 0 Å². The van der Waals surface area contributed by atoms with E-state index in [4.69, 9.17) is 11.5 Å². The van der Waals surface area contributed by atoms with Crippen LogP contribution in [0.1, 0.15) is 0 Å². The largest absolute Gasteiger partial charge is 0.379 e. The smallest absolute Gasteiger partial charge is 0.242 e. The van der Waals surface area contributed by atoms with Crippen molar-refractivity contribution in [3.63, 3.8) is 0 Å². The van der Waals surface area contributed by atoms with Crippen LogP contribution < -0.4 is 11.5 Å². The average molecular weight is 220 g/mol. The highest BCUT2D eigenvalue weighted by Crippen LogP contribution is 2.18. The van der Waals surface area contributed by atoms with Gasteiger partial charge in [0.05, 0.1) is 0 Å². The summed E-state index contributed by atoms with van der Waals surface area (Å²) in [5.41, 5.74) is 10.8. The lowest BCUT2D eigenvalue weighted by molar-refractivity contribution is 0.756. The molecule has 0 aliphatic rings. The average Bonchev–Trinajstić information content (AvgIpc) is 2.30. The first-order valence-electron chi connectivity index (χ1n) is 3.82. The number of anilines is 2. The van der Waals surface area contributed by atoms with Crippen molar-refractivity contribution in [2.75, 3.05) is 11.5 Å². The van der Waals surface area contributed by atoms with Crippen LogP contribution in [0.2, 0.25) is 0 Å². The van der Waals surface area contributed by atoms with Gasteiger partial charge < -0.3 is 11.5 Å². The van der Waals surface area contributed by atoms with E-state index < -0.39 is 0 Å². The molecule has 2 heterocycles. The first-order valence-corrected chi connectivity index (χ1v) is 3.82. The van der Waals surface area contributed by atoms with Gasteiger partial charge in [-0.15, -0.1) is 30.6 Å². The van der Waals surface area contributed by atoms with Gasteiger partial charge in [0, 0.05) is 0 Å². The topological polar surface area (TPSA) is 180 Å². The van der Waals surface area contributed by atoms with Crippen LogP contribution in [-0.2, 0) is 0 Å². The predicted octanol–water partition coefficient (Wildman–Crippen LogP) is -1.57. The Morgan fingerprint density at radius 1 is 0.625 bits per heavy atom. The molecule has 0 aliphatic heterocycles. The molecule has 12 heteroatoms. The van der Waals surface area contributed by atoms with E-state index in [1.54, 1.807) is 0 Å². The van der Waals surface area contributed by atoms with Gasteiger partial charge in [0.25, 0.3) is 0 Å². The zero-order valence-electron chi connectivity index (χ0n) is 7.63. The highest BCUT2D eigenvalue weighted by atomic mass is 15.5. The summed E-state index contributed by atoms with van der Waals surface area (Å²) in [7, 11) is 0. The highest BCUT2D eigenvalue weighted by Gasteiger charge is 2.04. The third-order valence-electron chi connectivity index (χ3n) is 1.36. The molecule has 0 saturated carbocycles. The minimum Gasteiger partial charge on any atom is -0.379 e. The third kappa shape index (κ3) is 1.94. The summed E-state index contributed by atoms with van der Waals surface area (Å²) in [5, 5.41) is 33.9. The second-order valence-corrected chi connectivity index (χ2v) is 2.38. The molecule has 0 spiro atoms. The van der Waals surface area contributed by atoms with Crippen molar-refractivity contribution in [2.24, 2.45) is 10.2 Å². The van der Waals surface area contributed by atoms with E-state index in [1.165, 1.54) is 0 Å². The van der Waals surface area contributed by atoms with Crippen LogP contribution in [0, 0.1) is 0 Å². The monoisotopic (exact) mass is 220 g/mol. The number of nitrogen functional groups attached to an aromatic ring is 2. The standard InChI is InChI=1S/C4H4N12/c5-1-3(11-15-13-7-1)9-10-4-2(6)8-14-16-12-4/h(H2,5,7,15)(H2,6,8,16). The summed E-state index contributed by atoms with van der Waals surface area (Å²) in [6, 6.07) is 0. The molecular weight excluding hydrogens is 216 g/mol. The molecule has 2 rings (SSSR count). The Morgan fingerprint density at radius 2 is 1.00 bits per heavy atom. The molecule has 0 atom stereocenters. The maximum Gasteiger partial charge on any atom is 0.242 e. The number of hydrogen-bond acceptors (Lipinski definition) is 12. The Balaban J connectivity index is 2.29. The third-order valence-corrected chi connectivity index (χ3v) is 1.36. The summed E-state index contributed by atoms with van der Waals surface area (Å²) in [4.78, 5) is 0. The first kappa shape index (κ1) is 9.63. The second kappa shape index (κ2) is 4.07. The molecule has 2 aromatic heterocycles. The molecule has 0 bridgehead atoms. The van der Waals surface area contributed by atoms with Crippen molar-refractivity contribution in [3.05, 3.63) is 0 Å². The van der Waals surface area contributed by atoms with Crippen LogP contribution >= 0.6 is 0 Å². The number of rotatable bonds is 2. The minimum absolute atomic E-state index is 0.00647. The lowest BCUT2D eigenvalue weighted by Gasteiger charge is -1.93. The van der Waals surface area contributed by atoms with Gasteiger partial charge in [-0.2, -0.15) is 0 Å². The van der Waals surface area contributed by atoms with Crippen molar-refractivity contribution < 1.29 is 0 Å². The van der Waals surface area contributed by atoms with Crippen LogP contribution in [0.5, 0.6) is 0 Å². The fourth-order valence-electron chi connectivity index (χ4n) is 0.690. The molecule has 16 heavy (non-hydrogen) atoms. The predicted molar refractivity (Wildman–Crippen MR) is 48.2 cm³/mol. The van der Waals surface area contributed by atoms with E-state index in [0.29, 0.717) is 0 Å². The Bertz CT molecular complexity index is 472. The summed E-state index contributed by atoms with van der Waals surface area (Å²) in [6.07, 6.45) is 0. The first-order chi connectivity index (χ1) is 7.77. The summed E-state index contributed by atoms with van der Waals surface area (Å²) < 4.78 is 0. The van der Waals surface area contributed by atoms with Gasteiger partial charge >= 0.3 is 0 Å². The highest BCUT2D eigenvalue weighted by molar-refractivity contribution is 5.51. The maximum absolute atomic E-state index is 5.40. The molecule has 2 aromatic rings. The number of azo groups is 1. The lowest BCUT2D eigenvalue weighted by Crippen LogP contribution is -1.99. The second-order valence-electron chi connectivity index (χ2n) is 2.38. The van der Waals surface area contributed by atoms with Crippen molar-refractivity contribution in [3.8, 4) is 0 Å². The summed E-state index contributed by atoms with van der Waals surface area (Å²) >= 11 is 0. The van der Waals surface area contributed by atoms with Crippen molar-refractivity contribution >= 4 is 23.3 Å². The molecule has 80 valence electrons. The van der Waals surface area contributed by atoms with Gasteiger partial charge in [-0.05, 0) is 20.9 Å². The molecule has 0 radical (unpaired) electrons. The fraction of sp³-hybridized carbons (Fsp3) is 0. The number of aromatic nitrogens is 8. The summed E-state index contributed by atoms with van der Waals surface area (Å²) in [6.45, 7) is 0. The van der Waals surface area contributed by atoms with Crippen molar-refractivity contribution in [2.45, 2.75) is 0 Å². The van der Waals surface area contributed by atoms with Gasteiger partial charge in [-0.25, -0.2) is 0 Å². The fourth-order valence-corrected chi connectivity index (χ4v) is 0.690. The van der Waals surface area contributed by atoms with Crippen LogP contribution in [0.3, 0.4) is 0 Å². The lowest BCUT2D eigenvalue weighted by atomic mass is 10.6. The normalized spacial score (nSPS) is 10.8. The Labute approximate surface area is 87.2 Å². The Morgan fingerprint density at radius 3 is 1.38 bits per heavy atom. The molecule has 12 nitrogen and oxygen atoms in total. The SMILES string of the molecule is Nc1nnnnc1N=Nc1nnnnc1N. The number of nitrogens with two attached hydrogens (primary N) is 2. The van der Waals surface area contributed by atoms with Crippen LogP contribution in [-0.4, -0.2) is 41.2 Å². The Hall–Kier alpha value is -2.92. The van der Waals surface area contributed by atoms with E-state index in [0.717, 1.165) is 0 Å². The molecular formula is C4H4N12. The van der Waals surface area contributed by atoms with Gasteiger partial charge in [0.2, 0.25) is 11.6 Å². The van der Waals surface area contributed by atoms with E-state index in [2.05, 4.69) is 51.5 Å². The molecule has 0 saturated heterocycles. The van der Waals surface area contributed by atoms with E-state index in [9.17, 15) is 0 Å². The van der Waals surface area contributed by atoms with E-state index in [-0.39, 0.29) is 23.3 Å². The van der Waals surface area contributed by atoms with Gasteiger partial charge in [0.1, 0.15) is 0 Å². The van der Waals surface area contributed by atoms with Crippen molar-refractivity contribution in [1.29, 1.82) is 0 Å². The van der Waals surface area contributed by atoms with E-state index >= 15 is 0 Å². The van der Waals surface area contributed by atoms with Gasteiger partial charge in [-0.1, -0.05) is 0 Å². The molecule has 0 fully saturated rings. The van der Waals surface area contributed by atoms with E-state index in [1.807, 2.05) is 0 Å². The molecule has 0 aliphatic carbocycles. The zero-order valence-corrected chi connectivity index (χ0v) is 7.63. The Kier molecular flexibility index (Phi) is 2.45. The van der Waals surface area contributed by atoms with Crippen LogP contribution in [0.4, 0.5) is 23.3 Å². The molecule has 0 aromatic carbocycles. The number of nitrogens with zero attached hydrogens (tertiary/aromatic N) is 10. The molecule has 0 amide bonds. The minimum atomic E-state index is -0.0210. The molecule has 4 N–H and O–H groups in total. The van der Waals surface area contributed by atoms with Gasteiger partial charge in [-0.3, -0.25) is 0 Å². The summed E-state index contributed by atoms with van der Waals surface area (Å²) in [5.74, 6) is -0.0550. The number of hydrogen-bond donors (Lipinski definition) is 2.